The van der Waals surface area contributed by atoms with E-state index in [2.05, 4.69) is 6.92 Å². The Bertz CT molecular complexity index is 340. The zero-order valence-electron chi connectivity index (χ0n) is 13.1. The molecule has 0 spiro atoms. The summed E-state index contributed by atoms with van der Waals surface area (Å²) in [6.45, 7) is 6.50. The lowest BCUT2D eigenvalue weighted by molar-refractivity contribution is -0.137. The average Bonchev–Trinajstić information content (AvgIpc) is 2.83. The molecule has 0 saturated carbocycles. The fourth-order valence-electron chi connectivity index (χ4n) is 1.71. The smallest absolute Gasteiger partial charge is 0.253 e. The van der Waals surface area contributed by atoms with Gasteiger partial charge in [0.25, 0.3) is 11.8 Å². The van der Waals surface area contributed by atoms with Crippen LogP contribution in [0.4, 0.5) is 0 Å². The van der Waals surface area contributed by atoms with Crippen LogP contribution in [0.2, 0.25) is 0 Å². The van der Waals surface area contributed by atoms with Gasteiger partial charge in [0.05, 0.1) is 52.8 Å². The molecule has 1 aliphatic heterocycles. The van der Waals surface area contributed by atoms with Gasteiger partial charge in [-0.1, -0.05) is 6.92 Å². The number of carbonyl (C=O) groups excluding carboxylic acids is 2. The van der Waals surface area contributed by atoms with Crippen LogP contribution in [0.5, 0.6) is 0 Å². The fraction of sp³-hybridized carbons (Fsp3) is 0.733. The van der Waals surface area contributed by atoms with E-state index in [1.165, 1.54) is 12.2 Å². The molecule has 0 aromatic rings. The Kier molecular flexibility index (Phi) is 10.5. The summed E-state index contributed by atoms with van der Waals surface area (Å²) in [6, 6.07) is 0. The number of ether oxygens (including phenoxy) is 4. The Hall–Kier alpha value is -1.28. The summed E-state index contributed by atoms with van der Waals surface area (Å²) < 4.78 is 21.2. The minimum absolute atomic E-state index is 0.269. The Morgan fingerprint density at radius 3 is 1.59 bits per heavy atom. The highest BCUT2D eigenvalue weighted by atomic mass is 16.6. The predicted molar refractivity (Wildman–Crippen MR) is 79.4 cm³/mol. The monoisotopic (exact) mass is 315 g/mol. The molecule has 0 radical (unpaired) electrons. The third-order valence-electron chi connectivity index (χ3n) is 2.82. The predicted octanol–water partition coefficient (Wildman–Crippen LogP) is 0.388. The van der Waals surface area contributed by atoms with Crippen LogP contribution >= 0.6 is 0 Å². The van der Waals surface area contributed by atoms with Crippen molar-refractivity contribution in [3.05, 3.63) is 12.2 Å². The van der Waals surface area contributed by atoms with Gasteiger partial charge in [0, 0.05) is 18.8 Å². The van der Waals surface area contributed by atoms with Gasteiger partial charge in [-0.15, -0.1) is 0 Å². The van der Waals surface area contributed by atoms with E-state index in [1.807, 2.05) is 0 Å². The molecule has 0 fully saturated rings. The fourth-order valence-corrected chi connectivity index (χ4v) is 1.71. The van der Waals surface area contributed by atoms with Gasteiger partial charge in [0.1, 0.15) is 0 Å². The van der Waals surface area contributed by atoms with Gasteiger partial charge >= 0.3 is 0 Å². The average molecular weight is 315 g/mol. The Morgan fingerprint density at radius 2 is 1.14 bits per heavy atom. The SMILES string of the molecule is CCCOCCOCCOCCOCCN1C(=O)C=CC1=O. The summed E-state index contributed by atoms with van der Waals surface area (Å²) in [5.41, 5.74) is 0. The van der Waals surface area contributed by atoms with E-state index in [-0.39, 0.29) is 18.4 Å². The minimum Gasteiger partial charge on any atom is -0.379 e. The molecule has 22 heavy (non-hydrogen) atoms. The first kappa shape index (κ1) is 18.8. The molecule has 0 unspecified atom stereocenters. The lowest BCUT2D eigenvalue weighted by Gasteiger charge is -2.13. The molecule has 0 atom stereocenters. The van der Waals surface area contributed by atoms with E-state index in [9.17, 15) is 9.59 Å². The van der Waals surface area contributed by atoms with Crippen molar-refractivity contribution in [1.82, 2.24) is 4.90 Å². The number of carbonyl (C=O) groups is 2. The van der Waals surface area contributed by atoms with Gasteiger partial charge in [-0.05, 0) is 6.42 Å². The summed E-state index contributed by atoms with van der Waals surface area (Å²) in [6.07, 6.45) is 3.54. The summed E-state index contributed by atoms with van der Waals surface area (Å²) in [7, 11) is 0. The third kappa shape index (κ3) is 8.23. The van der Waals surface area contributed by atoms with Crippen molar-refractivity contribution in [3.8, 4) is 0 Å². The van der Waals surface area contributed by atoms with E-state index < -0.39 is 0 Å². The molecule has 0 aromatic heterocycles. The zero-order chi connectivity index (χ0) is 16.0. The molecule has 2 amide bonds. The second kappa shape index (κ2) is 12.3. The third-order valence-corrected chi connectivity index (χ3v) is 2.82. The van der Waals surface area contributed by atoms with Gasteiger partial charge in [0.15, 0.2) is 0 Å². The summed E-state index contributed by atoms with van der Waals surface area (Å²) in [5, 5.41) is 0. The standard InChI is InChI=1S/C15H25NO6/c1-2-6-19-8-10-21-12-13-22-11-9-20-7-5-16-14(17)3-4-15(16)18/h3-4H,2,5-13H2,1H3. The minimum atomic E-state index is -0.287. The van der Waals surface area contributed by atoms with Crippen LogP contribution in [0.3, 0.4) is 0 Å². The van der Waals surface area contributed by atoms with Crippen LogP contribution in [0.25, 0.3) is 0 Å². The molecule has 1 rings (SSSR count). The van der Waals surface area contributed by atoms with Crippen LogP contribution < -0.4 is 0 Å². The lowest BCUT2D eigenvalue weighted by atomic mass is 10.5. The Morgan fingerprint density at radius 1 is 0.727 bits per heavy atom. The summed E-state index contributed by atoms with van der Waals surface area (Å²) in [5.74, 6) is -0.574. The van der Waals surface area contributed by atoms with Crippen molar-refractivity contribution in [1.29, 1.82) is 0 Å². The summed E-state index contributed by atoms with van der Waals surface area (Å²) >= 11 is 0. The topological polar surface area (TPSA) is 74.3 Å². The van der Waals surface area contributed by atoms with Crippen LogP contribution in [-0.2, 0) is 28.5 Å². The van der Waals surface area contributed by atoms with Gasteiger partial charge in [-0.25, -0.2) is 0 Å². The van der Waals surface area contributed by atoms with Crippen molar-refractivity contribution < 1.29 is 28.5 Å². The number of rotatable bonds is 14. The highest BCUT2D eigenvalue weighted by Gasteiger charge is 2.22. The first-order valence-electron chi connectivity index (χ1n) is 7.60. The molecule has 7 heteroatoms. The normalized spacial score (nSPS) is 14.3. The summed E-state index contributed by atoms with van der Waals surface area (Å²) in [4.78, 5) is 23.6. The van der Waals surface area contributed by atoms with Crippen LogP contribution in [0.1, 0.15) is 13.3 Å². The molecule has 0 N–H and O–H groups in total. The van der Waals surface area contributed by atoms with Crippen LogP contribution in [-0.4, -0.2) is 76.1 Å². The molecule has 0 bridgehead atoms. The van der Waals surface area contributed by atoms with Gasteiger partial charge in [-0.2, -0.15) is 0 Å². The molecular formula is C15H25NO6. The van der Waals surface area contributed by atoms with Gasteiger partial charge in [-0.3, -0.25) is 14.5 Å². The number of imide groups is 1. The highest BCUT2D eigenvalue weighted by Crippen LogP contribution is 2.02. The van der Waals surface area contributed by atoms with Crippen LogP contribution in [0.15, 0.2) is 12.2 Å². The first-order valence-corrected chi connectivity index (χ1v) is 7.60. The second-order valence-corrected chi connectivity index (χ2v) is 4.61. The van der Waals surface area contributed by atoms with Gasteiger partial charge < -0.3 is 18.9 Å². The van der Waals surface area contributed by atoms with Crippen molar-refractivity contribution in [3.63, 3.8) is 0 Å². The second-order valence-electron chi connectivity index (χ2n) is 4.61. The number of hydrogen-bond donors (Lipinski definition) is 0. The van der Waals surface area contributed by atoms with Crippen molar-refractivity contribution >= 4 is 11.8 Å². The molecule has 0 aliphatic carbocycles. The number of amides is 2. The molecular weight excluding hydrogens is 290 g/mol. The van der Waals surface area contributed by atoms with Gasteiger partial charge in [0.2, 0.25) is 0 Å². The van der Waals surface area contributed by atoms with E-state index in [0.717, 1.165) is 17.9 Å². The highest BCUT2D eigenvalue weighted by molar-refractivity contribution is 6.12. The molecule has 1 aliphatic rings. The molecule has 126 valence electrons. The quantitative estimate of drug-likeness (QED) is 0.341. The molecule has 0 aromatic carbocycles. The Labute approximate surface area is 131 Å². The maximum atomic E-state index is 11.2. The van der Waals surface area contributed by atoms with Crippen LogP contribution in [0, 0.1) is 0 Å². The van der Waals surface area contributed by atoms with Crippen molar-refractivity contribution in [2.45, 2.75) is 13.3 Å². The van der Waals surface area contributed by atoms with Crippen molar-refractivity contribution in [2.24, 2.45) is 0 Å². The zero-order valence-corrected chi connectivity index (χ0v) is 13.1. The molecule has 1 heterocycles. The number of hydrogen-bond acceptors (Lipinski definition) is 6. The molecule has 0 saturated heterocycles. The van der Waals surface area contributed by atoms with E-state index >= 15 is 0 Å². The first-order chi connectivity index (χ1) is 10.8. The Balaban J connectivity index is 1.79. The maximum Gasteiger partial charge on any atom is 0.253 e. The van der Waals surface area contributed by atoms with E-state index in [1.54, 1.807) is 0 Å². The van der Waals surface area contributed by atoms with E-state index in [4.69, 9.17) is 18.9 Å². The van der Waals surface area contributed by atoms with E-state index in [0.29, 0.717) is 46.2 Å². The maximum absolute atomic E-state index is 11.2. The number of nitrogens with zero attached hydrogens (tertiary/aromatic N) is 1. The van der Waals surface area contributed by atoms with Crippen molar-refractivity contribution in [2.75, 3.05) is 59.4 Å². The lowest BCUT2D eigenvalue weighted by Crippen LogP contribution is -2.33. The largest absolute Gasteiger partial charge is 0.379 e. The molecule has 7 nitrogen and oxygen atoms in total.